The molecule has 0 saturated heterocycles. The summed E-state index contributed by atoms with van der Waals surface area (Å²) in [6.45, 7) is 4.53. The largest absolute Gasteiger partial charge is 0.480 e. The van der Waals surface area contributed by atoms with Crippen molar-refractivity contribution in [3.8, 4) is 0 Å². The summed E-state index contributed by atoms with van der Waals surface area (Å²) in [5, 5.41) is 15.9. The molecule has 0 aromatic rings. The van der Waals surface area contributed by atoms with Crippen molar-refractivity contribution >= 4 is 29.2 Å². The molecule has 1 aliphatic carbocycles. The molecule has 23 heavy (non-hydrogen) atoms. The van der Waals surface area contributed by atoms with Crippen LogP contribution in [0.1, 0.15) is 33.1 Å². The molecule has 8 heteroatoms. The van der Waals surface area contributed by atoms with Gasteiger partial charge in [-0.05, 0) is 31.0 Å². The van der Waals surface area contributed by atoms with Gasteiger partial charge in [0.25, 0.3) is 0 Å². The number of nitrogens with one attached hydrogen (secondary N) is 2. The summed E-state index contributed by atoms with van der Waals surface area (Å²) in [7, 11) is 3.18. The topological polar surface area (TPSA) is 90.9 Å². The van der Waals surface area contributed by atoms with Gasteiger partial charge in [0.1, 0.15) is 6.04 Å². The van der Waals surface area contributed by atoms with Crippen LogP contribution < -0.4 is 10.6 Å². The molecule has 1 atom stereocenters. The molecule has 0 aromatic carbocycles. The number of hydrogen-bond acceptors (Lipinski definition) is 4. The van der Waals surface area contributed by atoms with Crippen LogP contribution in [-0.2, 0) is 14.3 Å². The Morgan fingerprint density at radius 3 is 2.43 bits per heavy atom. The highest BCUT2D eigenvalue weighted by Gasteiger charge is 2.43. The number of methoxy groups -OCH3 is 1. The van der Waals surface area contributed by atoms with Gasteiger partial charge in [0.2, 0.25) is 5.91 Å². The van der Waals surface area contributed by atoms with Gasteiger partial charge in [-0.15, -0.1) is 0 Å². The highest BCUT2D eigenvalue weighted by molar-refractivity contribution is 7.80. The summed E-state index contributed by atoms with van der Waals surface area (Å²) in [5.74, 6) is -1.36. The van der Waals surface area contributed by atoms with Crippen molar-refractivity contribution in [2.45, 2.75) is 44.7 Å². The third-order valence-corrected chi connectivity index (χ3v) is 4.22. The number of nitrogens with zero attached hydrogens (tertiary/aromatic N) is 1. The van der Waals surface area contributed by atoms with E-state index in [2.05, 4.69) is 10.6 Å². The fourth-order valence-corrected chi connectivity index (χ4v) is 2.85. The molecule has 0 aliphatic heterocycles. The minimum Gasteiger partial charge on any atom is -0.480 e. The van der Waals surface area contributed by atoms with Gasteiger partial charge in [0, 0.05) is 27.1 Å². The Hall–Kier alpha value is -1.41. The predicted octanol–water partition coefficient (Wildman–Crippen LogP) is 0.587. The van der Waals surface area contributed by atoms with Crippen LogP contribution in [0.2, 0.25) is 0 Å². The first kappa shape index (κ1) is 19.6. The van der Waals surface area contributed by atoms with E-state index in [1.165, 1.54) is 11.9 Å². The quantitative estimate of drug-likeness (QED) is 0.527. The van der Waals surface area contributed by atoms with Gasteiger partial charge in [0.15, 0.2) is 5.11 Å². The van der Waals surface area contributed by atoms with E-state index >= 15 is 0 Å². The highest BCUT2D eigenvalue weighted by atomic mass is 32.1. The van der Waals surface area contributed by atoms with Gasteiger partial charge in [0.05, 0.1) is 12.1 Å². The van der Waals surface area contributed by atoms with Crippen LogP contribution in [0.15, 0.2) is 0 Å². The molecule has 1 amide bonds. The molecule has 0 aromatic heterocycles. The first-order valence-electron chi connectivity index (χ1n) is 7.76. The van der Waals surface area contributed by atoms with Gasteiger partial charge in [-0.25, -0.2) is 4.79 Å². The van der Waals surface area contributed by atoms with Crippen LogP contribution in [0.4, 0.5) is 0 Å². The molecule has 1 fully saturated rings. The van der Waals surface area contributed by atoms with Crippen LogP contribution in [-0.4, -0.2) is 65.9 Å². The number of ether oxygens (including phenoxy) is 1. The van der Waals surface area contributed by atoms with Gasteiger partial charge >= 0.3 is 5.97 Å². The first-order valence-corrected chi connectivity index (χ1v) is 8.16. The van der Waals surface area contributed by atoms with Crippen molar-refractivity contribution in [3.63, 3.8) is 0 Å². The molecule has 0 bridgehead atoms. The van der Waals surface area contributed by atoms with Crippen LogP contribution in [0.3, 0.4) is 0 Å². The maximum Gasteiger partial charge on any atom is 0.326 e. The van der Waals surface area contributed by atoms with E-state index in [0.717, 1.165) is 12.8 Å². The normalized spacial score (nSPS) is 16.6. The van der Waals surface area contributed by atoms with E-state index in [0.29, 0.717) is 18.3 Å². The highest BCUT2D eigenvalue weighted by Crippen LogP contribution is 2.35. The Morgan fingerprint density at radius 2 is 2.00 bits per heavy atom. The number of carbonyl (C=O) groups is 2. The Balaban J connectivity index is 2.35. The second-order valence-corrected chi connectivity index (χ2v) is 6.78. The van der Waals surface area contributed by atoms with E-state index < -0.39 is 12.0 Å². The zero-order chi connectivity index (χ0) is 17.6. The fourth-order valence-electron chi connectivity index (χ4n) is 2.53. The number of carboxylic acids is 1. The number of hydrogen-bond donors (Lipinski definition) is 3. The van der Waals surface area contributed by atoms with Crippen molar-refractivity contribution in [1.29, 1.82) is 0 Å². The lowest BCUT2D eigenvalue weighted by atomic mass is 10.0. The molecule has 0 heterocycles. The minimum absolute atomic E-state index is 0.0638. The molecular formula is C15H27N3O4S. The van der Waals surface area contributed by atoms with Gasteiger partial charge in [-0.2, -0.15) is 0 Å². The maximum atomic E-state index is 12.1. The minimum atomic E-state index is -0.990. The number of amides is 1. The van der Waals surface area contributed by atoms with E-state index in [1.54, 1.807) is 21.0 Å². The molecule has 1 unspecified atom stereocenters. The van der Waals surface area contributed by atoms with Gasteiger partial charge in [-0.3, -0.25) is 4.79 Å². The number of carbonyl (C=O) groups excluding carboxylic acids is 1. The average Bonchev–Trinajstić information content (AvgIpc) is 3.17. The van der Waals surface area contributed by atoms with E-state index in [9.17, 15) is 14.7 Å². The summed E-state index contributed by atoms with van der Waals surface area (Å²) in [5.41, 5.74) is -0.0638. The SMILES string of the molecule is COCC1(NC(=S)NCCC(=O)N(C)C(C(=O)O)C(C)C)CC1. The van der Waals surface area contributed by atoms with E-state index in [1.807, 2.05) is 0 Å². The summed E-state index contributed by atoms with van der Waals surface area (Å²) in [6.07, 6.45) is 2.21. The van der Waals surface area contributed by atoms with Crippen molar-refractivity contribution in [2.75, 3.05) is 27.3 Å². The number of likely N-dealkylation sites (N-methyl/N-ethyl adjacent to an activating group) is 1. The molecule has 3 N–H and O–H groups in total. The zero-order valence-corrected chi connectivity index (χ0v) is 15.0. The monoisotopic (exact) mass is 345 g/mol. The van der Waals surface area contributed by atoms with Crippen molar-refractivity contribution in [3.05, 3.63) is 0 Å². The lowest BCUT2D eigenvalue weighted by molar-refractivity contribution is -0.150. The molecule has 132 valence electrons. The Kier molecular flexibility index (Phi) is 7.21. The van der Waals surface area contributed by atoms with Crippen LogP contribution in [0, 0.1) is 5.92 Å². The molecule has 7 nitrogen and oxygen atoms in total. The van der Waals surface area contributed by atoms with Crippen LogP contribution >= 0.6 is 12.2 Å². The summed E-state index contributed by atoms with van der Waals surface area (Å²) in [4.78, 5) is 24.6. The molecule has 1 rings (SSSR count). The lowest BCUT2D eigenvalue weighted by Gasteiger charge is -2.28. The summed E-state index contributed by atoms with van der Waals surface area (Å²) < 4.78 is 5.15. The van der Waals surface area contributed by atoms with Crippen LogP contribution in [0.25, 0.3) is 0 Å². The maximum absolute atomic E-state index is 12.1. The number of thiocarbonyl (C=S) groups is 1. The molecular weight excluding hydrogens is 318 g/mol. The zero-order valence-electron chi connectivity index (χ0n) is 14.2. The predicted molar refractivity (Wildman–Crippen MR) is 91.2 cm³/mol. The standard InChI is InChI=1S/C15H27N3O4S/c1-10(2)12(13(20)21)18(3)11(19)5-8-16-14(23)17-15(6-7-15)9-22-4/h10,12H,5-9H2,1-4H3,(H,20,21)(H2,16,17,23). The third-order valence-electron chi connectivity index (χ3n) is 3.97. The number of rotatable bonds is 9. The van der Waals surface area contributed by atoms with Crippen molar-refractivity contribution in [2.24, 2.45) is 5.92 Å². The van der Waals surface area contributed by atoms with Gasteiger partial charge in [-0.1, -0.05) is 13.8 Å². The van der Waals surface area contributed by atoms with Crippen LogP contribution in [0.5, 0.6) is 0 Å². The molecule has 0 radical (unpaired) electrons. The van der Waals surface area contributed by atoms with Gasteiger partial charge < -0.3 is 25.4 Å². The van der Waals surface area contributed by atoms with Crippen molar-refractivity contribution < 1.29 is 19.4 Å². The third kappa shape index (κ3) is 5.95. The van der Waals surface area contributed by atoms with E-state index in [-0.39, 0.29) is 23.8 Å². The molecule has 1 aliphatic rings. The summed E-state index contributed by atoms with van der Waals surface area (Å²) >= 11 is 5.21. The second kappa shape index (κ2) is 8.44. The number of carboxylic acid groups (broad SMARTS) is 1. The average molecular weight is 345 g/mol. The molecule has 1 saturated carbocycles. The van der Waals surface area contributed by atoms with Crippen molar-refractivity contribution in [1.82, 2.24) is 15.5 Å². The molecule has 0 spiro atoms. The Bertz CT molecular complexity index is 452. The number of aliphatic carboxylic acids is 1. The Morgan fingerprint density at radius 1 is 1.39 bits per heavy atom. The fraction of sp³-hybridized carbons (Fsp3) is 0.800. The first-order chi connectivity index (χ1) is 10.7. The van der Waals surface area contributed by atoms with E-state index in [4.69, 9.17) is 17.0 Å². The lowest BCUT2D eigenvalue weighted by Crippen LogP contribution is -2.48. The second-order valence-electron chi connectivity index (χ2n) is 6.38. The smallest absolute Gasteiger partial charge is 0.326 e. The Labute approximate surface area is 142 Å². The summed E-state index contributed by atoms with van der Waals surface area (Å²) in [6, 6.07) is -0.816.